The molecule has 2 saturated carbocycles. The fraction of sp³-hybridized carbons (Fsp3) is 0.810. The molecule has 126 valence electrons. The third-order valence-corrected chi connectivity index (χ3v) is 8.81. The maximum absolute atomic E-state index is 10.0. The molecule has 0 aromatic rings. The molecule has 0 amide bonds. The molecule has 0 radical (unpaired) electrons. The number of fused-ring (bicyclic) bond motifs is 6. The molecule has 3 fully saturated rings. The number of aliphatic hydroxyl groups excluding tert-OH is 1. The Bertz CT molecular complexity index is 587. The van der Waals surface area contributed by atoms with E-state index in [0.29, 0.717) is 5.41 Å². The maximum atomic E-state index is 10.0. The summed E-state index contributed by atoms with van der Waals surface area (Å²) in [6.07, 6.45) is 15.4. The first kappa shape index (κ1) is 14.7. The molecular weight excluding hydrogens is 284 g/mol. The van der Waals surface area contributed by atoms with Crippen molar-refractivity contribution < 1.29 is 9.84 Å². The minimum Gasteiger partial charge on any atom is -0.389 e. The lowest BCUT2D eigenvalue weighted by Gasteiger charge is -2.60. The Morgan fingerprint density at radius 1 is 1.04 bits per heavy atom. The summed E-state index contributed by atoms with van der Waals surface area (Å²) in [6, 6.07) is 0. The molecule has 5 aliphatic rings. The normalized spacial score (nSPS) is 57.3. The quantitative estimate of drug-likeness (QED) is 0.724. The lowest BCUT2D eigenvalue weighted by Crippen LogP contribution is -2.58. The molecule has 2 nitrogen and oxygen atoms in total. The second kappa shape index (κ2) is 4.52. The van der Waals surface area contributed by atoms with Crippen LogP contribution in [0.5, 0.6) is 0 Å². The molecule has 0 unspecified atom stereocenters. The van der Waals surface area contributed by atoms with Gasteiger partial charge in [-0.3, -0.25) is 0 Å². The van der Waals surface area contributed by atoms with Crippen LogP contribution >= 0.6 is 0 Å². The van der Waals surface area contributed by atoms with Crippen LogP contribution < -0.4 is 0 Å². The largest absolute Gasteiger partial charge is 0.389 e. The standard InChI is InChI=1S/C21H30O2/c1-19-8-5-15(22)13-14(19)3-4-16-17(19)6-9-20(2)18(16)7-10-21(20)11-12-23-21/h3-4,13,15-18,22H,5-12H2,1-2H3/t15-,16+,17-,18+,19-,20-,21+/m0/s1. The molecule has 0 bridgehead atoms. The van der Waals surface area contributed by atoms with Gasteiger partial charge in [0.05, 0.1) is 18.3 Å². The van der Waals surface area contributed by atoms with E-state index < -0.39 is 0 Å². The molecule has 5 rings (SSSR count). The van der Waals surface area contributed by atoms with Crippen molar-refractivity contribution in [3.8, 4) is 0 Å². The van der Waals surface area contributed by atoms with Crippen LogP contribution in [0, 0.1) is 28.6 Å². The van der Waals surface area contributed by atoms with E-state index in [0.717, 1.165) is 37.2 Å². The molecule has 1 aliphatic heterocycles. The Kier molecular flexibility index (Phi) is 2.89. The predicted molar refractivity (Wildman–Crippen MR) is 90.9 cm³/mol. The molecule has 1 saturated heterocycles. The molecule has 1 N–H and O–H groups in total. The van der Waals surface area contributed by atoms with Gasteiger partial charge in [-0.15, -0.1) is 0 Å². The van der Waals surface area contributed by atoms with Gasteiger partial charge in [0.25, 0.3) is 0 Å². The molecule has 0 aromatic carbocycles. The number of aliphatic hydroxyl groups is 1. The average Bonchev–Trinajstić information content (AvgIpc) is 2.81. The van der Waals surface area contributed by atoms with Crippen LogP contribution in [0.1, 0.15) is 58.8 Å². The molecule has 2 heteroatoms. The Labute approximate surface area is 140 Å². The first-order chi connectivity index (χ1) is 11.0. The zero-order valence-electron chi connectivity index (χ0n) is 14.6. The zero-order chi connectivity index (χ0) is 15.9. The van der Waals surface area contributed by atoms with Gasteiger partial charge in [-0.1, -0.05) is 32.1 Å². The fourth-order valence-electron chi connectivity index (χ4n) is 7.23. The first-order valence-corrected chi connectivity index (χ1v) is 9.71. The number of hydrogen-bond acceptors (Lipinski definition) is 2. The predicted octanol–water partition coefficient (Wildman–Crippen LogP) is 4.25. The highest BCUT2D eigenvalue weighted by Gasteiger charge is 2.66. The molecule has 1 heterocycles. The van der Waals surface area contributed by atoms with Gasteiger partial charge in [0.15, 0.2) is 0 Å². The van der Waals surface area contributed by atoms with Gasteiger partial charge in [-0.2, -0.15) is 0 Å². The van der Waals surface area contributed by atoms with Crippen LogP contribution in [0.15, 0.2) is 23.8 Å². The summed E-state index contributed by atoms with van der Waals surface area (Å²) in [5.41, 5.74) is 2.31. The van der Waals surface area contributed by atoms with Gasteiger partial charge in [0.1, 0.15) is 0 Å². The second-order valence-corrected chi connectivity index (χ2v) is 9.38. The highest BCUT2D eigenvalue weighted by atomic mass is 16.5. The highest BCUT2D eigenvalue weighted by molar-refractivity contribution is 5.36. The van der Waals surface area contributed by atoms with Crippen LogP contribution in [0.2, 0.25) is 0 Å². The summed E-state index contributed by atoms with van der Waals surface area (Å²) < 4.78 is 6.21. The van der Waals surface area contributed by atoms with E-state index in [-0.39, 0.29) is 17.1 Å². The topological polar surface area (TPSA) is 29.5 Å². The van der Waals surface area contributed by atoms with Crippen LogP contribution in [-0.2, 0) is 4.74 Å². The van der Waals surface area contributed by atoms with Crippen LogP contribution in [0.25, 0.3) is 0 Å². The van der Waals surface area contributed by atoms with Crippen molar-refractivity contribution in [3.05, 3.63) is 23.8 Å². The lowest BCUT2D eigenvalue weighted by molar-refractivity contribution is -0.223. The van der Waals surface area contributed by atoms with Crippen molar-refractivity contribution >= 4 is 0 Å². The molecular formula is C21H30O2. The van der Waals surface area contributed by atoms with E-state index in [4.69, 9.17) is 4.74 Å². The number of hydrogen-bond donors (Lipinski definition) is 1. The lowest BCUT2D eigenvalue weighted by atomic mass is 9.47. The summed E-state index contributed by atoms with van der Waals surface area (Å²) in [6.45, 7) is 5.99. The SMILES string of the molecule is C[C@]12CC[C@H](O)C=C1C=C[C@H]1[C@H]3CC[C@@]4(CCO4)[C@@]3(C)CC[C@@H]12. The molecule has 7 atom stereocenters. The number of rotatable bonds is 0. The van der Waals surface area contributed by atoms with Gasteiger partial charge >= 0.3 is 0 Å². The van der Waals surface area contributed by atoms with E-state index in [2.05, 4.69) is 32.1 Å². The summed E-state index contributed by atoms with van der Waals surface area (Å²) in [4.78, 5) is 0. The maximum Gasteiger partial charge on any atom is 0.0760 e. The van der Waals surface area contributed by atoms with E-state index in [1.807, 2.05) is 0 Å². The smallest absolute Gasteiger partial charge is 0.0760 e. The van der Waals surface area contributed by atoms with E-state index in [9.17, 15) is 5.11 Å². The summed E-state index contributed by atoms with van der Waals surface area (Å²) in [5, 5.41) is 10.0. The summed E-state index contributed by atoms with van der Waals surface area (Å²) in [7, 11) is 0. The Balaban J connectivity index is 1.54. The Morgan fingerprint density at radius 3 is 2.57 bits per heavy atom. The number of allylic oxidation sites excluding steroid dienone is 3. The van der Waals surface area contributed by atoms with Gasteiger partial charge in [0, 0.05) is 11.8 Å². The minimum absolute atomic E-state index is 0.219. The highest BCUT2D eigenvalue weighted by Crippen LogP contribution is 2.69. The molecule has 0 aromatic heterocycles. The number of ether oxygens (including phenoxy) is 1. The van der Waals surface area contributed by atoms with Gasteiger partial charge in [-0.25, -0.2) is 0 Å². The van der Waals surface area contributed by atoms with E-state index in [1.54, 1.807) is 0 Å². The van der Waals surface area contributed by atoms with Gasteiger partial charge < -0.3 is 9.84 Å². The third kappa shape index (κ3) is 1.67. The second-order valence-electron chi connectivity index (χ2n) is 9.38. The van der Waals surface area contributed by atoms with Crippen molar-refractivity contribution in [2.45, 2.75) is 70.5 Å². The molecule has 1 spiro atoms. The van der Waals surface area contributed by atoms with Crippen molar-refractivity contribution in [2.75, 3.05) is 6.61 Å². The Hall–Kier alpha value is -0.600. The third-order valence-electron chi connectivity index (χ3n) is 8.81. The van der Waals surface area contributed by atoms with Gasteiger partial charge in [-0.05, 0) is 67.3 Å². The summed E-state index contributed by atoms with van der Waals surface area (Å²) >= 11 is 0. The zero-order valence-corrected chi connectivity index (χ0v) is 14.6. The van der Waals surface area contributed by atoms with E-state index in [1.165, 1.54) is 37.7 Å². The van der Waals surface area contributed by atoms with Crippen LogP contribution in [-0.4, -0.2) is 23.4 Å². The van der Waals surface area contributed by atoms with E-state index >= 15 is 0 Å². The van der Waals surface area contributed by atoms with Crippen molar-refractivity contribution in [1.29, 1.82) is 0 Å². The molecule has 4 aliphatic carbocycles. The minimum atomic E-state index is -0.230. The van der Waals surface area contributed by atoms with Gasteiger partial charge in [0.2, 0.25) is 0 Å². The molecule has 23 heavy (non-hydrogen) atoms. The first-order valence-electron chi connectivity index (χ1n) is 9.71. The van der Waals surface area contributed by atoms with Crippen LogP contribution in [0.3, 0.4) is 0 Å². The van der Waals surface area contributed by atoms with Crippen molar-refractivity contribution in [3.63, 3.8) is 0 Å². The monoisotopic (exact) mass is 314 g/mol. The van der Waals surface area contributed by atoms with Crippen molar-refractivity contribution in [2.24, 2.45) is 28.6 Å². The van der Waals surface area contributed by atoms with Crippen LogP contribution in [0.4, 0.5) is 0 Å². The Morgan fingerprint density at radius 2 is 1.83 bits per heavy atom. The van der Waals surface area contributed by atoms with Crippen molar-refractivity contribution in [1.82, 2.24) is 0 Å². The fourth-order valence-corrected chi connectivity index (χ4v) is 7.23. The average molecular weight is 314 g/mol. The summed E-state index contributed by atoms with van der Waals surface area (Å²) in [5.74, 6) is 2.28.